The summed E-state index contributed by atoms with van der Waals surface area (Å²) in [5.74, 6) is -0.289. The number of para-hydroxylation sites is 1. The number of benzene rings is 1. The molecule has 0 bridgehead atoms. The molecule has 1 aromatic heterocycles. The van der Waals surface area contributed by atoms with E-state index in [4.69, 9.17) is 10.5 Å². The molecule has 0 spiro atoms. The lowest BCUT2D eigenvalue weighted by Crippen LogP contribution is -2.03. The molecule has 18 heavy (non-hydrogen) atoms. The van der Waals surface area contributed by atoms with Crippen LogP contribution in [0.3, 0.4) is 0 Å². The first kappa shape index (κ1) is 11.9. The smallest absolute Gasteiger partial charge is 0.336 e. The number of nitrogens with zero attached hydrogens (tertiary/aromatic N) is 1. The summed E-state index contributed by atoms with van der Waals surface area (Å²) in [6, 6.07) is 8.49. The molecular weight excluding hydrogens is 232 g/mol. The highest BCUT2D eigenvalue weighted by Crippen LogP contribution is 2.32. The highest BCUT2D eigenvalue weighted by atomic mass is 16.5. The van der Waals surface area contributed by atoms with Crippen molar-refractivity contribution in [1.29, 1.82) is 0 Å². The van der Waals surface area contributed by atoms with Gasteiger partial charge in [0.1, 0.15) is 11.6 Å². The Hall–Kier alpha value is -2.56. The molecular formula is C13H12N2O3. The Morgan fingerprint density at radius 3 is 2.72 bits per heavy atom. The quantitative estimate of drug-likeness (QED) is 0.862. The van der Waals surface area contributed by atoms with Crippen molar-refractivity contribution < 1.29 is 14.6 Å². The van der Waals surface area contributed by atoms with Crippen molar-refractivity contribution in [2.45, 2.75) is 0 Å². The van der Waals surface area contributed by atoms with Crippen molar-refractivity contribution in [3.05, 3.63) is 42.1 Å². The SMILES string of the molecule is COc1ccccc1-c1cnc(N)cc1C(=O)O. The molecule has 5 nitrogen and oxygen atoms in total. The molecule has 1 aromatic carbocycles. The first-order valence-electron chi connectivity index (χ1n) is 5.25. The lowest BCUT2D eigenvalue weighted by Gasteiger charge is -2.10. The van der Waals surface area contributed by atoms with Crippen LogP contribution in [0, 0.1) is 0 Å². The molecule has 2 aromatic rings. The van der Waals surface area contributed by atoms with Crippen LogP contribution in [0.15, 0.2) is 36.5 Å². The Kier molecular flexibility index (Phi) is 3.14. The number of methoxy groups -OCH3 is 1. The average Bonchev–Trinajstić information content (AvgIpc) is 2.38. The minimum Gasteiger partial charge on any atom is -0.496 e. The van der Waals surface area contributed by atoms with Crippen molar-refractivity contribution in [2.24, 2.45) is 0 Å². The van der Waals surface area contributed by atoms with Crippen molar-refractivity contribution in [3.63, 3.8) is 0 Å². The van der Waals surface area contributed by atoms with Gasteiger partial charge < -0.3 is 15.6 Å². The van der Waals surface area contributed by atoms with E-state index in [1.165, 1.54) is 19.4 Å². The number of hydrogen-bond donors (Lipinski definition) is 2. The van der Waals surface area contributed by atoms with Crippen LogP contribution in [-0.4, -0.2) is 23.2 Å². The number of carboxylic acid groups (broad SMARTS) is 1. The number of rotatable bonds is 3. The van der Waals surface area contributed by atoms with E-state index >= 15 is 0 Å². The van der Waals surface area contributed by atoms with Crippen LogP contribution in [0.4, 0.5) is 5.82 Å². The van der Waals surface area contributed by atoms with Gasteiger partial charge in [-0.3, -0.25) is 0 Å². The first-order chi connectivity index (χ1) is 8.63. The second-order valence-corrected chi connectivity index (χ2v) is 3.66. The Labute approximate surface area is 104 Å². The number of carbonyl (C=O) groups is 1. The number of hydrogen-bond acceptors (Lipinski definition) is 4. The number of aromatic carboxylic acids is 1. The van der Waals surface area contributed by atoms with Crippen molar-refractivity contribution in [1.82, 2.24) is 4.98 Å². The van der Waals surface area contributed by atoms with E-state index in [0.717, 1.165) is 0 Å². The van der Waals surface area contributed by atoms with Gasteiger partial charge in [0.25, 0.3) is 0 Å². The highest BCUT2D eigenvalue weighted by Gasteiger charge is 2.15. The normalized spacial score (nSPS) is 10.1. The molecule has 0 saturated carbocycles. The molecule has 0 aliphatic heterocycles. The minimum atomic E-state index is -1.05. The lowest BCUT2D eigenvalue weighted by molar-refractivity contribution is 0.0697. The monoisotopic (exact) mass is 244 g/mol. The van der Waals surface area contributed by atoms with Gasteiger partial charge in [0.15, 0.2) is 0 Å². The molecule has 0 fully saturated rings. The molecule has 5 heteroatoms. The fourth-order valence-electron chi connectivity index (χ4n) is 1.73. The van der Waals surface area contributed by atoms with E-state index in [9.17, 15) is 9.90 Å². The number of nitrogens with two attached hydrogens (primary N) is 1. The van der Waals surface area contributed by atoms with Gasteiger partial charge in [-0.15, -0.1) is 0 Å². The molecule has 2 rings (SSSR count). The Balaban J connectivity index is 2.67. The summed E-state index contributed by atoms with van der Waals surface area (Å²) in [4.78, 5) is 15.2. The molecule has 0 aliphatic rings. The zero-order valence-corrected chi connectivity index (χ0v) is 9.75. The fourth-order valence-corrected chi connectivity index (χ4v) is 1.73. The van der Waals surface area contributed by atoms with Gasteiger partial charge in [0.05, 0.1) is 12.7 Å². The molecule has 0 aliphatic carbocycles. The van der Waals surface area contributed by atoms with Crippen LogP contribution in [0.2, 0.25) is 0 Å². The van der Waals surface area contributed by atoms with E-state index in [1.807, 2.05) is 6.07 Å². The van der Waals surface area contributed by atoms with E-state index in [0.29, 0.717) is 16.9 Å². The second kappa shape index (κ2) is 4.75. The number of nitrogen functional groups attached to an aromatic ring is 1. The van der Waals surface area contributed by atoms with Crippen molar-refractivity contribution >= 4 is 11.8 Å². The zero-order chi connectivity index (χ0) is 13.1. The maximum atomic E-state index is 11.2. The van der Waals surface area contributed by atoms with Crippen LogP contribution in [0.25, 0.3) is 11.1 Å². The average molecular weight is 244 g/mol. The zero-order valence-electron chi connectivity index (χ0n) is 9.75. The molecule has 0 radical (unpaired) electrons. The maximum absolute atomic E-state index is 11.2. The summed E-state index contributed by atoms with van der Waals surface area (Å²) >= 11 is 0. The molecule has 0 amide bonds. The molecule has 1 heterocycles. The van der Waals surface area contributed by atoms with Crippen LogP contribution in [0.5, 0.6) is 5.75 Å². The van der Waals surface area contributed by atoms with E-state index in [1.54, 1.807) is 18.2 Å². The predicted molar refractivity (Wildman–Crippen MR) is 67.6 cm³/mol. The number of pyridine rings is 1. The standard InChI is InChI=1S/C13H12N2O3/c1-18-11-5-3-2-4-8(11)10-7-15-12(14)6-9(10)13(16)17/h2-7H,1H3,(H2,14,15)(H,16,17). The highest BCUT2D eigenvalue weighted by molar-refractivity contribution is 5.97. The third-order valence-electron chi connectivity index (χ3n) is 2.55. The lowest BCUT2D eigenvalue weighted by atomic mass is 10.0. The van der Waals surface area contributed by atoms with Crippen LogP contribution < -0.4 is 10.5 Å². The Bertz CT molecular complexity index is 597. The summed E-state index contributed by atoms with van der Waals surface area (Å²) in [5, 5.41) is 9.19. The third kappa shape index (κ3) is 2.10. The first-order valence-corrected chi connectivity index (χ1v) is 5.25. The van der Waals surface area contributed by atoms with Gasteiger partial charge in [-0.2, -0.15) is 0 Å². The van der Waals surface area contributed by atoms with Gasteiger partial charge in [0.2, 0.25) is 0 Å². The molecule has 92 valence electrons. The number of anilines is 1. The molecule has 0 atom stereocenters. The molecule has 0 unspecified atom stereocenters. The van der Waals surface area contributed by atoms with E-state index in [2.05, 4.69) is 4.98 Å². The Morgan fingerprint density at radius 2 is 2.06 bits per heavy atom. The summed E-state index contributed by atoms with van der Waals surface area (Å²) in [5.41, 5.74) is 6.76. The van der Waals surface area contributed by atoms with Gasteiger partial charge in [-0.1, -0.05) is 18.2 Å². The Morgan fingerprint density at radius 1 is 1.33 bits per heavy atom. The van der Waals surface area contributed by atoms with Gasteiger partial charge in [0, 0.05) is 17.3 Å². The minimum absolute atomic E-state index is 0.104. The topological polar surface area (TPSA) is 85.4 Å². The predicted octanol–water partition coefficient (Wildman–Crippen LogP) is 2.04. The van der Waals surface area contributed by atoms with Crippen LogP contribution in [0.1, 0.15) is 10.4 Å². The molecule has 3 N–H and O–H groups in total. The van der Waals surface area contributed by atoms with Crippen LogP contribution in [-0.2, 0) is 0 Å². The maximum Gasteiger partial charge on any atom is 0.336 e. The summed E-state index contributed by atoms with van der Waals surface area (Å²) in [7, 11) is 1.53. The van der Waals surface area contributed by atoms with E-state index in [-0.39, 0.29) is 11.4 Å². The van der Waals surface area contributed by atoms with E-state index < -0.39 is 5.97 Å². The second-order valence-electron chi connectivity index (χ2n) is 3.66. The summed E-state index contributed by atoms with van der Waals surface area (Å²) in [6.45, 7) is 0. The van der Waals surface area contributed by atoms with Crippen LogP contribution >= 0.6 is 0 Å². The van der Waals surface area contributed by atoms with Crippen molar-refractivity contribution in [2.75, 3.05) is 12.8 Å². The number of ether oxygens (including phenoxy) is 1. The third-order valence-corrected chi connectivity index (χ3v) is 2.55. The van der Waals surface area contributed by atoms with Gasteiger partial charge in [-0.25, -0.2) is 9.78 Å². The summed E-state index contributed by atoms with van der Waals surface area (Å²) < 4.78 is 5.21. The molecule has 0 saturated heterocycles. The largest absolute Gasteiger partial charge is 0.496 e. The summed E-state index contributed by atoms with van der Waals surface area (Å²) in [6.07, 6.45) is 1.44. The fraction of sp³-hybridized carbons (Fsp3) is 0.0769. The van der Waals surface area contributed by atoms with Gasteiger partial charge >= 0.3 is 5.97 Å². The van der Waals surface area contributed by atoms with Crippen molar-refractivity contribution in [3.8, 4) is 16.9 Å². The number of aromatic nitrogens is 1. The number of carboxylic acids is 1. The van der Waals surface area contributed by atoms with Gasteiger partial charge in [-0.05, 0) is 12.1 Å².